The monoisotopic (exact) mass is 439 g/mol. The molecule has 0 saturated carbocycles. The summed E-state index contributed by atoms with van der Waals surface area (Å²) in [5.41, 5.74) is 2.34. The molecule has 0 spiro atoms. The summed E-state index contributed by atoms with van der Waals surface area (Å²) >= 11 is 6.04. The Labute approximate surface area is 176 Å². The van der Waals surface area contributed by atoms with Crippen molar-refractivity contribution in [3.8, 4) is 0 Å². The second-order valence-electron chi connectivity index (χ2n) is 7.89. The van der Waals surface area contributed by atoms with Crippen LogP contribution >= 0.6 is 11.6 Å². The fraction of sp³-hybridized carbons (Fsp3) is 0.381. The minimum Gasteiger partial charge on any atom is -0.481 e. The van der Waals surface area contributed by atoms with Gasteiger partial charge >= 0.3 is 12.1 Å². The van der Waals surface area contributed by atoms with Gasteiger partial charge in [-0.3, -0.25) is 9.20 Å². The normalized spacial score (nSPS) is 13.6. The Hall–Kier alpha value is -2.61. The van der Waals surface area contributed by atoms with Crippen LogP contribution in [0.4, 0.5) is 13.2 Å². The Kier molecular flexibility index (Phi) is 5.58. The van der Waals surface area contributed by atoms with E-state index in [0.29, 0.717) is 16.7 Å². The molecule has 0 saturated heterocycles. The number of fused-ring (bicyclic) bond motifs is 1. The highest BCUT2D eigenvalue weighted by molar-refractivity contribution is 6.17. The van der Waals surface area contributed by atoms with E-state index in [0.717, 1.165) is 15.5 Å². The molecule has 2 aromatic heterocycles. The molecule has 1 unspecified atom stereocenters. The zero-order chi connectivity index (χ0) is 22.4. The van der Waals surface area contributed by atoms with Gasteiger partial charge in [0.15, 0.2) is 5.65 Å². The number of rotatable bonds is 5. The molecule has 0 fully saturated rings. The number of aryl methyl sites for hydroxylation is 2. The fourth-order valence-corrected chi connectivity index (χ4v) is 4.01. The summed E-state index contributed by atoms with van der Waals surface area (Å²) in [5.74, 6) is -2.54. The maximum atomic E-state index is 13.2. The van der Waals surface area contributed by atoms with Crippen LogP contribution in [0.15, 0.2) is 30.5 Å². The van der Waals surface area contributed by atoms with Crippen LogP contribution < -0.4 is 0 Å². The molecule has 5 nitrogen and oxygen atoms in total. The third-order valence-electron chi connectivity index (χ3n) is 5.56. The Bertz CT molecular complexity index is 1120. The van der Waals surface area contributed by atoms with Gasteiger partial charge in [-0.15, -0.1) is 21.8 Å². The van der Waals surface area contributed by atoms with Crippen LogP contribution in [0.1, 0.15) is 53.4 Å². The molecule has 0 amide bonds. The van der Waals surface area contributed by atoms with Gasteiger partial charge in [-0.1, -0.05) is 18.2 Å². The predicted molar refractivity (Wildman–Crippen MR) is 107 cm³/mol. The molecular weight excluding hydrogens is 419 g/mol. The lowest BCUT2D eigenvalue weighted by Gasteiger charge is -2.33. The number of carboxylic acid groups (broad SMARTS) is 1. The van der Waals surface area contributed by atoms with Gasteiger partial charge in [0, 0.05) is 18.0 Å². The van der Waals surface area contributed by atoms with E-state index in [1.807, 2.05) is 25.1 Å². The summed E-state index contributed by atoms with van der Waals surface area (Å²) in [5, 5.41) is 16.9. The molecule has 0 bridgehead atoms. The SMILES string of the molecule is Cc1ccc(C(c2ccn3c(C(F)(F)F)nnc3c2C)C(C)(C)C(=O)O)cc1CCl. The van der Waals surface area contributed by atoms with E-state index < -0.39 is 29.3 Å². The number of hydrogen-bond donors (Lipinski definition) is 1. The molecule has 1 atom stereocenters. The third-order valence-corrected chi connectivity index (χ3v) is 5.84. The van der Waals surface area contributed by atoms with Crippen LogP contribution in [0.25, 0.3) is 5.65 Å². The van der Waals surface area contributed by atoms with E-state index in [1.54, 1.807) is 20.8 Å². The van der Waals surface area contributed by atoms with Gasteiger partial charge < -0.3 is 5.11 Å². The van der Waals surface area contributed by atoms with Gasteiger partial charge in [0.05, 0.1) is 5.41 Å². The Morgan fingerprint density at radius 2 is 1.87 bits per heavy atom. The largest absolute Gasteiger partial charge is 0.481 e. The van der Waals surface area contributed by atoms with E-state index in [9.17, 15) is 23.1 Å². The number of hydrogen-bond acceptors (Lipinski definition) is 3. The van der Waals surface area contributed by atoms with E-state index >= 15 is 0 Å². The number of aliphatic carboxylic acids is 1. The predicted octanol–water partition coefficient (Wildman–Crippen LogP) is 5.35. The van der Waals surface area contributed by atoms with Crippen LogP contribution in [0.2, 0.25) is 0 Å². The first-order valence-electron chi connectivity index (χ1n) is 9.19. The zero-order valence-corrected chi connectivity index (χ0v) is 17.6. The van der Waals surface area contributed by atoms with Gasteiger partial charge in [-0.05, 0) is 61.6 Å². The number of pyridine rings is 1. The maximum absolute atomic E-state index is 13.2. The van der Waals surface area contributed by atoms with Gasteiger partial charge in [0.1, 0.15) is 0 Å². The van der Waals surface area contributed by atoms with E-state index in [-0.39, 0.29) is 11.5 Å². The van der Waals surface area contributed by atoms with Crippen molar-refractivity contribution in [2.45, 2.75) is 45.7 Å². The van der Waals surface area contributed by atoms with Gasteiger partial charge in [0.2, 0.25) is 5.82 Å². The van der Waals surface area contributed by atoms with Crippen LogP contribution in [0, 0.1) is 19.3 Å². The Morgan fingerprint density at radius 1 is 1.20 bits per heavy atom. The van der Waals surface area contributed by atoms with Crippen molar-refractivity contribution < 1.29 is 23.1 Å². The van der Waals surface area contributed by atoms with Crippen molar-refractivity contribution in [2.75, 3.05) is 0 Å². The molecule has 0 aliphatic rings. The average molecular weight is 440 g/mol. The zero-order valence-electron chi connectivity index (χ0n) is 16.9. The summed E-state index contributed by atoms with van der Waals surface area (Å²) in [4.78, 5) is 12.1. The first-order valence-corrected chi connectivity index (χ1v) is 9.73. The minimum atomic E-state index is -4.65. The van der Waals surface area contributed by atoms with E-state index in [2.05, 4.69) is 10.2 Å². The van der Waals surface area contributed by atoms with Crippen molar-refractivity contribution in [3.05, 3.63) is 64.1 Å². The molecule has 160 valence electrons. The maximum Gasteiger partial charge on any atom is 0.452 e. The second-order valence-corrected chi connectivity index (χ2v) is 8.16. The van der Waals surface area contributed by atoms with Crippen LogP contribution in [-0.4, -0.2) is 25.7 Å². The fourth-order valence-electron chi connectivity index (χ4n) is 3.73. The number of alkyl halides is 4. The molecule has 0 aliphatic carbocycles. The minimum absolute atomic E-state index is 0.0377. The van der Waals surface area contributed by atoms with E-state index in [1.165, 1.54) is 12.3 Å². The lowest BCUT2D eigenvalue weighted by atomic mass is 9.70. The molecule has 3 aromatic rings. The van der Waals surface area contributed by atoms with Gasteiger partial charge in [0.25, 0.3) is 0 Å². The number of carbonyl (C=O) groups is 1. The topological polar surface area (TPSA) is 67.5 Å². The number of nitrogens with zero attached hydrogens (tertiary/aromatic N) is 3. The lowest BCUT2D eigenvalue weighted by molar-refractivity contribution is -0.147. The molecule has 2 heterocycles. The van der Waals surface area contributed by atoms with Gasteiger partial charge in [-0.25, -0.2) is 0 Å². The van der Waals surface area contributed by atoms with E-state index in [4.69, 9.17) is 11.6 Å². The van der Waals surface area contributed by atoms with Crippen molar-refractivity contribution in [2.24, 2.45) is 5.41 Å². The Balaban J connectivity index is 2.28. The quantitative estimate of drug-likeness (QED) is 0.544. The molecule has 1 aromatic carbocycles. The number of aromatic nitrogens is 3. The molecule has 3 rings (SSSR count). The highest BCUT2D eigenvalue weighted by Crippen LogP contribution is 2.44. The van der Waals surface area contributed by atoms with Crippen molar-refractivity contribution in [1.82, 2.24) is 14.6 Å². The summed E-state index contributed by atoms with van der Waals surface area (Å²) in [6, 6.07) is 7.06. The highest BCUT2D eigenvalue weighted by atomic mass is 35.5. The molecule has 30 heavy (non-hydrogen) atoms. The molecule has 0 radical (unpaired) electrons. The standard InChI is InChI=1S/C21H21ClF3N3O2/c1-11-5-6-13(9-14(11)10-22)16(20(3,4)19(29)30)15-7-8-28-17(12(15)2)26-27-18(28)21(23,24)25/h5-9,16H,10H2,1-4H3,(H,29,30). The molecule has 9 heteroatoms. The summed E-state index contributed by atoms with van der Waals surface area (Å²) in [7, 11) is 0. The Morgan fingerprint density at radius 3 is 2.43 bits per heavy atom. The molecule has 1 N–H and O–H groups in total. The second kappa shape index (κ2) is 7.58. The van der Waals surface area contributed by atoms with Gasteiger partial charge in [-0.2, -0.15) is 13.2 Å². The molecule has 0 aliphatic heterocycles. The number of carboxylic acids is 1. The van der Waals surface area contributed by atoms with Crippen LogP contribution in [0.5, 0.6) is 0 Å². The number of benzene rings is 1. The van der Waals surface area contributed by atoms with Crippen LogP contribution in [-0.2, 0) is 16.9 Å². The average Bonchev–Trinajstić information content (AvgIpc) is 3.10. The van der Waals surface area contributed by atoms with Crippen molar-refractivity contribution in [3.63, 3.8) is 0 Å². The highest BCUT2D eigenvalue weighted by Gasteiger charge is 2.41. The molecular formula is C21H21ClF3N3O2. The lowest BCUT2D eigenvalue weighted by Crippen LogP contribution is -2.32. The summed E-state index contributed by atoms with van der Waals surface area (Å²) in [6.07, 6.45) is -3.42. The van der Waals surface area contributed by atoms with Crippen LogP contribution in [0.3, 0.4) is 0 Å². The summed E-state index contributed by atoms with van der Waals surface area (Å²) in [6.45, 7) is 6.72. The first-order chi connectivity index (χ1) is 13.9. The van der Waals surface area contributed by atoms with Crippen molar-refractivity contribution >= 4 is 23.2 Å². The summed E-state index contributed by atoms with van der Waals surface area (Å²) < 4.78 is 40.5. The third kappa shape index (κ3) is 3.64. The van der Waals surface area contributed by atoms with Crippen molar-refractivity contribution in [1.29, 1.82) is 0 Å². The first kappa shape index (κ1) is 22.1. The smallest absolute Gasteiger partial charge is 0.452 e. The number of halogens is 4.